The Morgan fingerprint density at radius 3 is 2.89 bits per heavy atom. The summed E-state index contributed by atoms with van der Waals surface area (Å²) in [6, 6.07) is 0. The summed E-state index contributed by atoms with van der Waals surface area (Å²) in [5.74, 6) is 0.493. The Bertz CT molecular complexity index is 200. The molecule has 1 aromatic rings. The Labute approximate surface area is 58.9 Å². The monoisotopic (exact) mass is 142 g/mol. The highest BCUT2D eigenvalue weighted by molar-refractivity contribution is 6.17. The molecule has 0 atom stereocenters. The van der Waals surface area contributed by atoms with Crippen LogP contribution in [0.5, 0.6) is 0 Å². The van der Waals surface area contributed by atoms with E-state index in [0.29, 0.717) is 5.88 Å². The van der Waals surface area contributed by atoms with Crippen LogP contribution in [0.3, 0.4) is 0 Å². The van der Waals surface area contributed by atoms with E-state index >= 15 is 0 Å². The number of nitrogens with zero attached hydrogens (tertiary/aromatic N) is 2. The fourth-order valence-corrected chi connectivity index (χ4v) is 0.813. The van der Waals surface area contributed by atoms with Crippen molar-refractivity contribution in [1.29, 1.82) is 0 Å². The number of aromatic nitrogens is 2. The van der Waals surface area contributed by atoms with Gasteiger partial charge in [0, 0.05) is 17.5 Å². The maximum absolute atomic E-state index is 5.55. The molecule has 1 aromatic heterocycles. The van der Waals surface area contributed by atoms with E-state index in [0.717, 1.165) is 11.3 Å². The van der Waals surface area contributed by atoms with Gasteiger partial charge in [-0.25, -0.2) is 9.97 Å². The molecule has 1 rings (SSSR count). The normalized spacial score (nSPS) is 9.56. The Balaban J connectivity index is 3.01. The maximum Gasteiger partial charge on any atom is 0.115 e. The summed E-state index contributed by atoms with van der Waals surface area (Å²) in [7, 11) is 0. The fourth-order valence-electron chi connectivity index (χ4n) is 0.551. The molecule has 0 N–H and O–H groups in total. The third-order valence-corrected chi connectivity index (χ3v) is 1.45. The van der Waals surface area contributed by atoms with Gasteiger partial charge < -0.3 is 0 Å². The smallest absolute Gasteiger partial charge is 0.115 e. The summed E-state index contributed by atoms with van der Waals surface area (Å²) in [6.07, 6.45) is 3.25. The summed E-state index contributed by atoms with van der Waals surface area (Å²) in [5, 5.41) is 0. The molecule has 2 nitrogen and oxygen atoms in total. The molecule has 0 radical (unpaired) electrons. The molecule has 0 unspecified atom stereocenters. The van der Waals surface area contributed by atoms with Gasteiger partial charge in [-0.1, -0.05) is 0 Å². The molecule has 3 heteroatoms. The van der Waals surface area contributed by atoms with Crippen LogP contribution in [0.25, 0.3) is 0 Å². The first-order valence-electron chi connectivity index (χ1n) is 2.66. The van der Waals surface area contributed by atoms with Gasteiger partial charge in [0.1, 0.15) is 6.33 Å². The van der Waals surface area contributed by atoms with E-state index in [1.807, 2.05) is 6.92 Å². The second-order valence-electron chi connectivity index (χ2n) is 1.77. The SMILES string of the molecule is Cc1ncncc1CCl. The summed E-state index contributed by atoms with van der Waals surface area (Å²) in [4.78, 5) is 7.78. The van der Waals surface area contributed by atoms with Crippen LogP contribution in [0.1, 0.15) is 11.3 Å². The lowest BCUT2D eigenvalue weighted by Gasteiger charge is -1.95. The van der Waals surface area contributed by atoms with E-state index in [1.165, 1.54) is 6.33 Å². The van der Waals surface area contributed by atoms with Crippen molar-refractivity contribution in [3.63, 3.8) is 0 Å². The van der Waals surface area contributed by atoms with Crippen LogP contribution < -0.4 is 0 Å². The van der Waals surface area contributed by atoms with Crippen molar-refractivity contribution in [2.24, 2.45) is 0 Å². The molecule has 0 saturated carbocycles. The average Bonchev–Trinajstić information content (AvgIpc) is 1.89. The van der Waals surface area contributed by atoms with E-state index in [-0.39, 0.29) is 0 Å². The van der Waals surface area contributed by atoms with Crippen LogP contribution >= 0.6 is 11.6 Å². The zero-order valence-electron chi connectivity index (χ0n) is 5.13. The molecule has 48 valence electrons. The van der Waals surface area contributed by atoms with Gasteiger partial charge in [0.25, 0.3) is 0 Å². The first kappa shape index (κ1) is 6.49. The molecular weight excluding hydrogens is 136 g/mol. The Hall–Kier alpha value is -0.630. The molecule has 0 spiro atoms. The summed E-state index contributed by atoms with van der Waals surface area (Å²) in [6.45, 7) is 1.92. The van der Waals surface area contributed by atoms with Crippen LogP contribution in [0.15, 0.2) is 12.5 Å². The van der Waals surface area contributed by atoms with Crippen LogP contribution in [0, 0.1) is 6.92 Å². The quantitative estimate of drug-likeness (QED) is 0.556. The molecule has 0 bridgehead atoms. The van der Waals surface area contributed by atoms with Crippen LogP contribution in [-0.4, -0.2) is 9.97 Å². The van der Waals surface area contributed by atoms with Crippen LogP contribution in [0.4, 0.5) is 0 Å². The van der Waals surface area contributed by atoms with E-state index in [1.54, 1.807) is 6.20 Å². The number of aryl methyl sites for hydroxylation is 1. The van der Waals surface area contributed by atoms with Crippen molar-refractivity contribution in [2.45, 2.75) is 12.8 Å². The molecule has 0 amide bonds. The highest BCUT2D eigenvalue weighted by Gasteiger charge is 1.93. The molecular formula is C6H7ClN2. The molecule has 0 fully saturated rings. The van der Waals surface area contributed by atoms with Gasteiger partial charge in [-0.3, -0.25) is 0 Å². The number of rotatable bonds is 1. The third-order valence-electron chi connectivity index (χ3n) is 1.16. The minimum Gasteiger partial charge on any atom is -0.244 e. The summed E-state index contributed by atoms with van der Waals surface area (Å²) >= 11 is 5.55. The van der Waals surface area contributed by atoms with E-state index in [9.17, 15) is 0 Å². The molecule has 0 aliphatic carbocycles. The van der Waals surface area contributed by atoms with Crippen LogP contribution in [0.2, 0.25) is 0 Å². The van der Waals surface area contributed by atoms with Gasteiger partial charge in [0.2, 0.25) is 0 Å². The standard InChI is InChI=1S/C6H7ClN2/c1-5-6(2-7)3-8-4-9-5/h3-4H,2H2,1H3. The number of halogens is 1. The fraction of sp³-hybridized carbons (Fsp3) is 0.333. The Morgan fingerprint density at radius 2 is 2.44 bits per heavy atom. The summed E-state index contributed by atoms with van der Waals surface area (Å²) < 4.78 is 0. The van der Waals surface area contributed by atoms with Crippen molar-refractivity contribution >= 4 is 11.6 Å². The zero-order valence-corrected chi connectivity index (χ0v) is 5.89. The van der Waals surface area contributed by atoms with Gasteiger partial charge in [0.05, 0.1) is 5.88 Å². The van der Waals surface area contributed by atoms with Gasteiger partial charge in [-0.2, -0.15) is 0 Å². The van der Waals surface area contributed by atoms with Crippen molar-refractivity contribution in [1.82, 2.24) is 9.97 Å². The molecule has 0 aromatic carbocycles. The Morgan fingerprint density at radius 1 is 1.67 bits per heavy atom. The lowest BCUT2D eigenvalue weighted by atomic mass is 10.3. The van der Waals surface area contributed by atoms with E-state index in [2.05, 4.69) is 9.97 Å². The minimum absolute atomic E-state index is 0.493. The lowest BCUT2D eigenvalue weighted by Crippen LogP contribution is -1.89. The third kappa shape index (κ3) is 1.39. The van der Waals surface area contributed by atoms with Crippen molar-refractivity contribution in [3.05, 3.63) is 23.8 Å². The maximum atomic E-state index is 5.55. The Kier molecular flexibility index (Phi) is 2.01. The first-order chi connectivity index (χ1) is 4.34. The van der Waals surface area contributed by atoms with Crippen molar-refractivity contribution < 1.29 is 0 Å². The molecule has 0 saturated heterocycles. The average molecular weight is 143 g/mol. The largest absolute Gasteiger partial charge is 0.244 e. The van der Waals surface area contributed by atoms with Crippen molar-refractivity contribution in [2.75, 3.05) is 0 Å². The number of hydrogen-bond acceptors (Lipinski definition) is 2. The van der Waals surface area contributed by atoms with E-state index < -0.39 is 0 Å². The second kappa shape index (κ2) is 2.78. The topological polar surface area (TPSA) is 25.8 Å². The molecule has 9 heavy (non-hydrogen) atoms. The van der Waals surface area contributed by atoms with Gasteiger partial charge in [0.15, 0.2) is 0 Å². The zero-order chi connectivity index (χ0) is 6.69. The predicted molar refractivity (Wildman–Crippen MR) is 36.3 cm³/mol. The predicted octanol–water partition coefficient (Wildman–Crippen LogP) is 1.52. The second-order valence-corrected chi connectivity index (χ2v) is 2.03. The van der Waals surface area contributed by atoms with E-state index in [4.69, 9.17) is 11.6 Å². The molecule has 1 heterocycles. The van der Waals surface area contributed by atoms with Gasteiger partial charge in [-0.05, 0) is 6.92 Å². The number of alkyl halides is 1. The number of hydrogen-bond donors (Lipinski definition) is 0. The van der Waals surface area contributed by atoms with Crippen LogP contribution in [-0.2, 0) is 5.88 Å². The van der Waals surface area contributed by atoms with Crippen molar-refractivity contribution in [3.8, 4) is 0 Å². The molecule has 0 aliphatic rings. The lowest BCUT2D eigenvalue weighted by molar-refractivity contribution is 1.05. The van der Waals surface area contributed by atoms with Gasteiger partial charge >= 0.3 is 0 Å². The highest BCUT2D eigenvalue weighted by atomic mass is 35.5. The highest BCUT2D eigenvalue weighted by Crippen LogP contribution is 2.03. The summed E-state index contributed by atoms with van der Waals surface area (Å²) in [5.41, 5.74) is 1.96. The minimum atomic E-state index is 0.493. The van der Waals surface area contributed by atoms with Gasteiger partial charge in [-0.15, -0.1) is 11.6 Å². The molecule has 0 aliphatic heterocycles. The first-order valence-corrected chi connectivity index (χ1v) is 3.19.